The summed E-state index contributed by atoms with van der Waals surface area (Å²) in [6, 6.07) is 16.9. The maximum absolute atomic E-state index is 13.2. The molecule has 36 heavy (non-hydrogen) atoms. The fourth-order valence-corrected chi connectivity index (χ4v) is 4.29. The van der Waals surface area contributed by atoms with Crippen LogP contribution in [0.3, 0.4) is 0 Å². The SMILES string of the molecule is CN(c1ccncc1)c1ccc(CN(C(=O)C=Cc2ccc(C(F)(F)F)cc2)C2CCNCC2)cc1. The summed E-state index contributed by atoms with van der Waals surface area (Å²) in [5.74, 6) is -0.153. The molecule has 0 atom stereocenters. The van der Waals surface area contributed by atoms with Crippen molar-refractivity contribution in [1.82, 2.24) is 15.2 Å². The minimum absolute atomic E-state index is 0.0928. The van der Waals surface area contributed by atoms with Gasteiger partial charge in [-0.1, -0.05) is 24.3 Å². The number of benzene rings is 2. The first kappa shape index (κ1) is 25.4. The first-order valence-electron chi connectivity index (χ1n) is 11.9. The molecule has 2 heterocycles. The Morgan fingerprint density at radius 2 is 1.58 bits per heavy atom. The van der Waals surface area contributed by atoms with Gasteiger partial charge in [-0.15, -0.1) is 0 Å². The van der Waals surface area contributed by atoms with Crippen LogP contribution in [0.15, 0.2) is 79.1 Å². The highest BCUT2D eigenvalue weighted by molar-refractivity contribution is 5.92. The van der Waals surface area contributed by atoms with E-state index in [1.54, 1.807) is 18.5 Å². The molecule has 4 rings (SSSR count). The van der Waals surface area contributed by atoms with Crippen LogP contribution in [0.2, 0.25) is 0 Å². The number of nitrogens with one attached hydrogen (secondary N) is 1. The van der Waals surface area contributed by atoms with Gasteiger partial charge in [0.25, 0.3) is 0 Å². The van der Waals surface area contributed by atoms with Gasteiger partial charge in [-0.3, -0.25) is 9.78 Å². The Morgan fingerprint density at radius 1 is 0.972 bits per heavy atom. The Labute approximate surface area is 209 Å². The molecule has 8 heteroatoms. The molecule has 5 nitrogen and oxygen atoms in total. The molecule has 1 saturated heterocycles. The molecule has 1 amide bonds. The van der Waals surface area contributed by atoms with Crippen molar-refractivity contribution in [3.05, 3.63) is 95.8 Å². The second kappa shape index (κ2) is 11.4. The van der Waals surface area contributed by atoms with E-state index in [1.165, 1.54) is 18.2 Å². The predicted molar refractivity (Wildman–Crippen MR) is 136 cm³/mol. The molecule has 188 valence electrons. The molecule has 3 aromatic rings. The molecular weight excluding hydrogens is 465 g/mol. The van der Waals surface area contributed by atoms with E-state index in [9.17, 15) is 18.0 Å². The molecule has 0 bridgehead atoms. The summed E-state index contributed by atoms with van der Waals surface area (Å²) in [6.07, 6.45) is 3.85. The molecule has 0 radical (unpaired) electrons. The third kappa shape index (κ3) is 6.51. The standard InChI is InChI=1S/C28H29F3N4O/c1-34(25-12-16-32-17-13-25)24-9-4-22(5-10-24)20-35(26-14-18-33-19-15-26)27(36)11-6-21-2-7-23(8-3-21)28(29,30)31/h2-13,16-17,26,33H,14-15,18-20H2,1H3. The molecule has 0 aliphatic carbocycles. The van der Waals surface area contributed by atoms with Crippen LogP contribution in [-0.2, 0) is 17.5 Å². The van der Waals surface area contributed by atoms with Crippen molar-refractivity contribution in [2.45, 2.75) is 31.6 Å². The van der Waals surface area contributed by atoms with E-state index >= 15 is 0 Å². The van der Waals surface area contributed by atoms with Gasteiger partial charge in [-0.25, -0.2) is 0 Å². The minimum Gasteiger partial charge on any atom is -0.345 e. The number of carbonyl (C=O) groups is 1. The number of anilines is 2. The Hall–Kier alpha value is -3.65. The lowest BCUT2D eigenvalue weighted by atomic mass is 10.0. The van der Waals surface area contributed by atoms with Crippen molar-refractivity contribution < 1.29 is 18.0 Å². The van der Waals surface area contributed by atoms with Crippen LogP contribution in [0.25, 0.3) is 6.08 Å². The summed E-state index contributed by atoms with van der Waals surface area (Å²) in [7, 11) is 1.99. The Kier molecular flexibility index (Phi) is 8.05. The number of halogens is 3. The summed E-state index contributed by atoms with van der Waals surface area (Å²) in [4.78, 5) is 21.2. The fourth-order valence-electron chi connectivity index (χ4n) is 4.29. The topological polar surface area (TPSA) is 48.5 Å². The van der Waals surface area contributed by atoms with Crippen LogP contribution in [0.1, 0.15) is 29.5 Å². The Bertz CT molecular complexity index is 1160. The lowest BCUT2D eigenvalue weighted by molar-refractivity contribution is -0.137. The van der Waals surface area contributed by atoms with Gasteiger partial charge < -0.3 is 15.1 Å². The van der Waals surface area contributed by atoms with Crippen molar-refractivity contribution >= 4 is 23.4 Å². The van der Waals surface area contributed by atoms with Crippen LogP contribution in [0.5, 0.6) is 0 Å². The number of nitrogens with zero attached hydrogens (tertiary/aromatic N) is 3. The average Bonchev–Trinajstić information content (AvgIpc) is 2.91. The number of alkyl halides is 3. The highest BCUT2D eigenvalue weighted by Crippen LogP contribution is 2.29. The molecule has 1 fully saturated rings. The molecule has 1 N–H and O–H groups in total. The van der Waals surface area contributed by atoms with Gasteiger partial charge >= 0.3 is 6.18 Å². The number of piperidine rings is 1. The maximum Gasteiger partial charge on any atom is 0.416 e. The Morgan fingerprint density at radius 3 is 2.19 bits per heavy atom. The summed E-state index contributed by atoms with van der Waals surface area (Å²) in [5.41, 5.74) is 2.90. The van der Waals surface area contributed by atoms with Gasteiger partial charge in [0, 0.05) is 49.5 Å². The second-order valence-electron chi connectivity index (χ2n) is 8.83. The normalized spacial score (nSPS) is 14.7. The third-order valence-electron chi connectivity index (χ3n) is 6.42. The molecule has 1 aromatic heterocycles. The number of carbonyl (C=O) groups excluding carboxylic acids is 1. The number of pyridine rings is 1. The molecule has 0 unspecified atom stereocenters. The molecular formula is C28H29F3N4O. The van der Waals surface area contributed by atoms with Gasteiger partial charge in [-0.2, -0.15) is 13.2 Å². The first-order valence-corrected chi connectivity index (χ1v) is 11.9. The van der Waals surface area contributed by atoms with Gasteiger partial charge in [0.2, 0.25) is 5.91 Å². The van der Waals surface area contributed by atoms with Crippen LogP contribution >= 0.6 is 0 Å². The van der Waals surface area contributed by atoms with Gasteiger partial charge in [0.15, 0.2) is 0 Å². The van der Waals surface area contributed by atoms with Gasteiger partial charge in [0.05, 0.1) is 5.56 Å². The summed E-state index contributed by atoms with van der Waals surface area (Å²) in [6.45, 7) is 2.14. The van der Waals surface area contributed by atoms with Crippen molar-refractivity contribution in [2.24, 2.45) is 0 Å². The van der Waals surface area contributed by atoms with Crippen molar-refractivity contribution in [1.29, 1.82) is 0 Å². The van der Waals surface area contributed by atoms with Crippen LogP contribution in [-0.4, -0.2) is 42.0 Å². The summed E-state index contributed by atoms with van der Waals surface area (Å²) in [5, 5.41) is 3.33. The maximum atomic E-state index is 13.2. The third-order valence-corrected chi connectivity index (χ3v) is 6.42. The minimum atomic E-state index is -4.38. The molecule has 0 spiro atoms. The van der Waals surface area contributed by atoms with Gasteiger partial charge in [-0.05, 0) is 79.5 Å². The molecule has 0 saturated carbocycles. The van der Waals surface area contributed by atoms with Crippen LogP contribution in [0, 0.1) is 0 Å². The van der Waals surface area contributed by atoms with Crippen LogP contribution < -0.4 is 10.2 Å². The summed E-state index contributed by atoms with van der Waals surface area (Å²) >= 11 is 0. The van der Waals surface area contributed by atoms with E-state index in [1.807, 2.05) is 48.3 Å². The number of rotatable bonds is 7. The molecule has 1 aliphatic rings. The number of aromatic nitrogens is 1. The monoisotopic (exact) mass is 494 g/mol. The predicted octanol–water partition coefficient (Wildman–Crippen LogP) is 5.66. The first-order chi connectivity index (χ1) is 17.3. The zero-order chi connectivity index (χ0) is 25.5. The second-order valence-corrected chi connectivity index (χ2v) is 8.83. The highest BCUT2D eigenvalue weighted by Gasteiger charge is 2.30. The largest absolute Gasteiger partial charge is 0.416 e. The van der Waals surface area contributed by atoms with E-state index in [-0.39, 0.29) is 11.9 Å². The van der Waals surface area contributed by atoms with E-state index in [0.29, 0.717) is 12.1 Å². The number of hydrogen-bond donors (Lipinski definition) is 1. The lowest BCUT2D eigenvalue weighted by Crippen LogP contribution is -2.45. The zero-order valence-corrected chi connectivity index (χ0v) is 20.1. The number of hydrogen-bond acceptors (Lipinski definition) is 4. The molecule has 1 aliphatic heterocycles. The molecule has 2 aromatic carbocycles. The average molecular weight is 495 g/mol. The van der Waals surface area contributed by atoms with E-state index in [2.05, 4.69) is 15.2 Å². The summed E-state index contributed by atoms with van der Waals surface area (Å²) < 4.78 is 38.5. The van der Waals surface area contributed by atoms with Gasteiger partial charge in [0.1, 0.15) is 0 Å². The van der Waals surface area contributed by atoms with E-state index < -0.39 is 11.7 Å². The quantitative estimate of drug-likeness (QED) is 0.431. The zero-order valence-electron chi connectivity index (χ0n) is 20.1. The van der Waals surface area contributed by atoms with E-state index in [0.717, 1.165) is 55.0 Å². The smallest absolute Gasteiger partial charge is 0.345 e. The van der Waals surface area contributed by atoms with Crippen LogP contribution in [0.4, 0.5) is 24.5 Å². The Balaban J connectivity index is 1.48. The number of amides is 1. The highest BCUT2D eigenvalue weighted by atomic mass is 19.4. The van der Waals surface area contributed by atoms with Crippen molar-refractivity contribution in [2.75, 3.05) is 25.0 Å². The lowest BCUT2D eigenvalue weighted by Gasteiger charge is -2.34. The van der Waals surface area contributed by atoms with Crippen molar-refractivity contribution in [3.8, 4) is 0 Å². The van der Waals surface area contributed by atoms with Crippen molar-refractivity contribution in [3.63, 3.8) is 0 Å². The fraction of sp³-hybridized carbons (Fsp3) is 0.286. The van der Waals surface area contributed by atoms with E-state index in [4.69, 9.17) is 0 Å².